The first-order valence-corrected chi connectivity index (χ1v) is 12.1. The van der Waals surface area contributed by atoms with Crippen LogP contribution in [0.3, 0.4) is 0 Å². The van der Waals surface area contributed by atoms with Crippen LogP contribution in [-0.2, 0) is 30.2 Å². The lowest BCUT2D eigenvalue weighted by Crippen LogP contribution is -2.37. The number of amides is 1. The number of hydrogen-bond acceptors (Lipinski definition) is 7. The van der Waals surface area contributed by atoms with E-state index in [0.717, 1.165) is 21.9 Å². The number of nitrogens with zero attached hydrogens (tertiary/aromatic N) is 4. The van der Waals surface area contributed by atoms with Crippen LogP contribution in [0.5, 0.6) is 0 Å². The molecule has 2 aromatic carbocycles. The molecule has 12 heteroatoms. The summed E-state index contributed by atoms with van der Waals surface area (Å²) in [7, 11) is 4.24. The number of anilines is 1. The Labute approximate surface area is 214 Å². The lowest BCUT2D eigenvalue weighted by Gasteiger charge is -2.11. The number of aromatic nitrogens is 4. The van der Waals surface area contributed by atoms with E-state index in [1.165, 1.54) is 25.8 Å². The number of imidazole rings is 1. The Morgan fingerprint density at radius 2 is 1.75 bits per heavy atom. The van der Waals surface area contributed by atoms with Crippen LogP contribution in [0.2, 0.25) is 5.02 Å². The molecule has 4 aromatic rings. The van der Waals surface area contributed by atoms with Crippen LogP contribution in [0.25, 0.3) is 11.2 Å². The van der Waals surface area contributed by atoms with Crippen molar-refractivity contribution in [2.24, 2.45) is 14.1 Å². The van der Waals surface area contributed by atoms with Gasteiger partial charge in [0, 0.05) is 24.8 Å². The molecule has 4 rings (SSSR count). The maximum Gasteiger partial charge on any atom is 0.337 e. The number of thioether (sulfide) groups is 1. The normalized spacial score (nSPS) is 11.0. The number of methoxy groups -OCH3 is 1. The van der Waals surface area contributed by atoms with Gasteiger partial charge in [0.15, 0.2) is 16.3 Å². The van der Waals surface area contributed by atoms with E-state index in [-0.39, 0.29) is 29.4 Å². The monoisotopic (exact) mass is 527 g/mol. The first-order valence-electron chi connectivity index (χ1n) is 10.7. The summed E-state index contributed by atoms with van der Waals surface area (Å²) in [5.74, 6) is -0.802. The third-order valence-corrected chi connectivity index (χ3v) is 6.87. The van der Waals surface area contributed by atoms with Gasteiger partial charge in [0.05, 0.1) is 25.0 Å². The number of esters is 1. The molecule has 0 aliphatic rings. The molecule has 2 heterocycles. The second kappa shape index (κ2) is 10.4. The summed E-state index contributed by atoms with van der Waals surface area (Å²) < 4.78 is 8.66. The van der Waals surface area contributed by atoms with E-state index in [1.54, 1.807) is 41.0 Å². The third kappa shape index (κ3) is 4.93. The molecule has 0 radical (unpaired) electrons. The number of carbonyl (C=O) groups excluding carboxylic acids is 2. The Morgan fingerprint density at radius 3 is 2.42 bits per heavy atom. The number of halogens is 1. The van der Waals surface area contributed by atoms with Gasteiger partial charge in [-0.1, -0.05) is 41.6 Å². The molecule has 0 spiro atoms. The van der Waals surface area contributed by atoms with Crippen molar-refractivity contribution in [3.05, 3.63) is 85.5 Å². The zero-order valence-electron chi connectivity index (χ0n) is 19.6. The summed E-state index contributed by atoms with van der Waals surface area (Å²) in [6.07, 6.45) is 0. The fourth-order valence-corrected chi connectivity index (χ4v) is 4.61. The van der Waals surface area contributed by atoms with Gasteiger partial charge in [0.1, 0.15) is 0 Å². The lowest BCUT2D eigenvalue weighted by atomic mass is 10.2. The van der Waals surface area contributed by atoms with E-state index in [1.807, 2.05) is 12.1 Å². The average molecular weight is 528 g/mol. The number of nitrogens with one attached hydrogen (secondary N) is 1. The average Bonchev–Trinajstić information content (AvgIpc) is 3.24. The fraction of sp³-hybridized carbons (Fsp3) is 0.208. The Balaban J connectivity index is 1.63. The fourth-order valence-electron chi connectivity index (χ4n) is 3.62. The highest BCUT2D eigenvalue weighted by Crippen LogP contribution is 2.25. The van der Waals surface area contributed by atoms with Crippen LogP contribution in [0, 0.1) is 0 Å². The number of aryl methyl sites for hydroxylation is 1. The predicted molar refractivity (Wildman–Crippen MR) is 138 cm³/mol. The van der Waals surface area contributed by atoms with Gasteiger partial charge >= 0.3 is 11.7 Å². The number of fused-ring (bicyclic) bond motifs is 1. The van der Waals surface area contributed by atoms with Crippen molar-refractivity contribution in [3.8, 4) is 0 Å². The molecule has 0 bridgehead atoms. The molecule has 0 aliphatic carbocycles. The largest absolute Gasteiger partial charge is 0.465 e. The molecule has 0 saturated carbocycles. The van der Waals surface area contributed by atoms with Crippen molar-refractivity contribution in [2.75, 3.05) is 18.2 Å². The molecular formula is C24H22ClN5O5S. The Morgan fingerprint density at radius 1 is 1.06 bits per heavy atom. The molecule has 10 nitrogen and oxygen atoms in total. The molecule has 0 unspecified atom stereocenters. The van der Waals surface area contributed by atoms with Crippen molar-refractivity contribution in [1.29, 1.82) is 0 Å². The number of carbonyl (C=O) groups is 2. The van der Waals surface area contributed by atoms with Gasteiger partial charge in [-0.05, 0) is 35.9 Å². The van der Waals surface area contributed by atoms with Gasteiger partial charge in [-0.3, -0.25) is 18.7 Å². The SMILES string of the molecule is COC(=O)c1ccc(NC(=O)CSc2nc3c(c(=O)n(C)c(=O)n3C)n2Cc2ccccc2Cl)cc1. The minimum atomic E-state index is -0.500. The molecule has 186 valence electrons. The molecule has 1 amide bonds. The minimum Gasteiger partial charge on any atom is -0.465 e. The van der Waals surface area contributed by atoms with Gasteiger partial charge in [-0.25, -0.2) is 14.6 Å². The van der Waals surface area contributed by atoms with Crippen LogP contribution in [0.15, 0.2) is 63.3 Å². The van der Waals surface area contributed by atoms with E-state index in [0.29, 0.717) is 21.4 Å². The summed E-state index contributed by atoms with van der Waals surface area (Å²) in [4.78, 5) is 54.2. The van der Waals surface area contributed by atoms with Crippen LogP contribution in [0.4, 0.5) is 5.69 Å². The number of ether oxygens (including phenoxy) is 1. The molecule has 0 saturated heterocycles. The Hall–Kier alpha value is -3.83. The molecule has 0 fully saturated rings. The number of hydrogen-bond donors (Lipinski definition) is 1. The molecule has 0 atom stereocenters. The van der Waals surface area contributed by atoms with Gasteiger partial charge in [-0.15, -0.1) is 0 Å². The van der Waals surface area contributed by atoms with Crippen molar-refractivity contribution in [3.63, 3.8) is 0 Å². The van der Waals surface area contributed by atoms with E-state index in [2.05, 4.69) is 15.0 Å². The van der Waals surface area contributed by atoms with Crippen LogP contribution in [-0.4, -0.2) is 43.4 Å². The van der Waals surface area contributed by atoms with Gasteiger partial charge in [0.25, 0.3) is 5.56 Å². The van der Waals surface area contributed by atoms with E-state index in [9.17, 15) is 19.2 Å². The van der Waals surface area contributed by atoms with Gasteiger partial charge in [-0.2, -0.15) is 0 Å². The highest BCUT2D eigenvalue weighted by Gasteiger charge is 2.21. The van der Waals surface area contributed by atoms with Gasteiger partial charge in [0.2, 0.25) is 5.91 Å². The third-order valence-electron chi connectivity index (χ3n) is 5.52. The minimum absolute atomic E-state index is 0.0150. The summed E-state index contributed by atoms with van der Waals surface area (Å²) in [6, 6.07) is 13.5. The summed E-state index contributed by atoms with van der Waals surface area (Å²) in [6.45, 7) is 0.225. The van der Waals surface area contributed by atoms with Gasteiger partial charge < -0.3 is 14.6 Å². The first kappa shape index (κ1) is 25.3. The van der Waals surface area contributed by atoms with Crippen LogP contribution < -0.4 is 16.6 Å². The predicted octanol–water partition coefficient (Wildman–Crippen LogP) is 2.65. The molecule has 2 aromatic heterocycles. The van der Waals surface area contributed by atoms with Crippen molar-refractivity contribution in [2.45, 2.75) is 11.7 Å². The second-order valence-corrected chi connectivity index (χ2v) is 9.21. The molecule has 36 heavy (non-hydrogen) atoms. The van der Waals surface area contributed by atoms with E-state index >= 15 is 0 Å². The van der Waals surface area contributed by atoms with E-state index < -0.39 is 17.2 Å². The smallest absolute Gasteiger partial charge is 0.337 e. The zero-order chi connectivity index (χ0) is 26.0. The number of rotatable bonds is 7. The quantitative estimate of drug-likeness (QED) is 0.290. The maximum atomic E-state index is 13.0. The van der Waals surface area contributed by atoms with Crippen molar-refractivity contribution >= 4 is 52.1 Å². The topological polar surface area (TPSA) is 117 Å². The summed E-state index contributed by atoms with van der Waals surface area (Å²) >= 11 is 7.48. The molecular weight excluding hydrogens is 506 g/mol. The second-order valence-electron chi connectivity index (χ2n) is 7.86. The van der Waals surface area contributed by atoms with Crippen LogP contribution in [0.1, 0.15) is 15.9 Å². The summed E-state index contributed by atoms with van der Waals surface area (Å²) in [5.41, 5.74) is 1.09. The highest BCUT2D eigenvalue weighted by atomic mass is 35.5. The Kier molecular flexibility index (Phi) is 7.32. The zero-order valence-corrected chi connectivity index (χ0v) is 21.2. The molecule has 0 aliphatic heterocycles. The first-order chi connectivity index (χ1) is 17.2. The highest BCUT2D eigenvalue weighted by molar-refractivity contribution is 7.99. The van der Waals surface area contributed by atoms with E-state index in [4.69, 9.17) is 11.6 Å². The Bertz CT molecular complexity index is 1590. The maximum absolute atomic E-state index is 13.0. The summed E-state index contributed by atoms with van der Waals surface area (Å²) in [5, 5.41) is 3.67. The van der Waals surface area contributed by atoms with Crippen LogP contribution >= 0.6 is 23.4 Å². The van der Waals surface area contributed by atoms with Crippen molar-refractivity contribution in [1.82, 2.24) is 18.7 Å². The standard InChI is InChI=1S/C24H22ClN5O5S/c1-28-20-19(21(32)29(2)24(28)34)30(12-15-6-4-5-7-17(15)25)23(27-20)36-13-18(31)26-16-10-8-14(9-11-16)22(33)35-3/h4-11H,12-13H2,1-3H3,(H,26,31). The lowest BCUT2D eigenvalue weighted by molar-refractivity contribution is -0.113. The molecule has 1 N–H and O–H groups in total. The van der Waals surface area contributed by atoms with Crippen molar-refractivity contribution < 1.29 is 14.3 Å². The number of benzene rings is 2.